The molecule has 0 unspecified atom stereocenters. The molecule has 0 saturated carbocycles. The predicted octanol–water partition coefficient (Wildman–Crippen LogP) is 4.40. The number of esters is 1. The Morgan fingerprint density at radius 1 is 1.31 bits per heavy atom. The van der Waals surface area contributed by atoms with E-state index in [2.05, 4.69) is 39.7 Å². The summed E-state index contributed by atoms with van der Waals surface area (Å²) in [5.74, 6) is 0.963. The number of nitrogens with zero attached hydrogens (tertiary/aromatic N) is 2. The van der Waals surface area contributed by atoms with Gasteiger partial charge in [0, 0.05) is 5.56 Å². The second kappa shape index (κ2) is 8.98. The van der Waals surface area contributed by atoms with Crippen molar-refractivity contribution in [1.29, 1.82) is 0 Å². The number of anilines is 1. The molecular formula is C19H24BrN3O3. The highest BCUT2D eigenvalue weighted by Crippen LogP contribution is 2.32. The van der Waals surface area contributed by atoms with Gasteiger partial charge in [0.25, 0.3) is 0 Å². The number of nitrogen functional groups attached to an aromatic ring is 1. The minimum absolute atomic E-state index is 0.110. The van der Waals surface area contributed by atoms with E-state index in [1.807, 2.05) is 18.2 Å². The summed E-state index contributed by atoms with van der Waals surface area (Å²) < 4.78 is 11.7. The van der Waals surface area contributed by atoms with Gasteiger partial charge in [-0.25, -0.2) is 14.8 Å². The predicted molar refractivity (Wildman–Crippen MR) is 105 cm³/mol. The van der Waals surface area contributed by atoms with Crippen molar-refractivity contribution in [3.05, 3.63) is 33.9 Å². The molecule has 6 nitrogen and oxygen atoms in total. The Labute approximate surface area is 162 Å². The average Bonchev–Trinajstić information content (AvgIpc) is 2.55. The van der Waals surface area contributed by atoms with Crippen molar-refractivity contribution in [2.24, 2.45) is 5.92 Å². The lowest BCUT2D eigenvalue weighted by atomic mass is 10.0. The zero-order chi connectivity index (χ0) is 19.3. The van der Waals surface area contributed by atoms with Crippen LogP contribution in [0.15, 0.2) is 22.7 Å². The molecule has 26 heavy (non-hydrogen) atoms. The van der Waals surface area contributed by atoms with Crippen LogP contribution < -0.4 is 10.5 Å². The Morgan fingerprint density at radius 2 is 2.04 bits per heavy atom. The fraction of sp³-hybridized carbons (Fsp3) is 0.421. The molecule has 2 rings (SSSR count). The van der Waals surface area contributed by atoms with Gasteiger partial charge in [-0.05, 0) is 60.3 Å². The fourth-order valence-electron chi connectivity index (χ4n) is 2.42. The summed E-state index contributed by atoms with van der Waals surface area (Å²) >= 11 is 3.53. The number of aromatic nitrogens is 2. The smallest absolute Gasteiger partial charge is 0.342 e. The first-order chi connectivity index (χ1) is 12.3. The standard InChI is InChI=1S/C19H24BrN3O3/c1-5-25-18(24)16-12(4)22-19(21)23-17(16)13-6-7-15(14(20)10-13)26-9-8-11(2)3/h6-7,10-11H,5,8-9H2,1-4H3,(H2,21,22,23). The summed E-state index contributed by atoms with van der Waals surface area (Å²) in [5.41, 5.74) is 7.77. The molecule has 0 fully saturated rings. The minimum atomic E-state index is -0.464. The van der Waals surface area contributed by atoms with E-state index in [4.69, 9.17) is 15.2 Å². The summed E-state index contributed by atoms with van der Waals surface area (Å²) in [6.45, 7) is 8.69. The normalized spacial score (nSPS) is 10.8. The SMILES string of the molecule is CCOC(=O)c1c(C)nc(N)nc1-c1ccc(OCCC(C)C)c(Br)c1. The second-order valence-corrected chi connectivity index (χ2v) is 7.14. The van der Waals surface area contributed by atoms with Crippen molar-refractivity contribution < 1.29 is 14.3 Å². The summed E-state index contributed by atoms with van der Waals surface area (Å²) in [5, 5.41) is 0. The van der Waals surface area contributed by atoms with Crippen LogP contribution in [0.3, 0.4) is 0 Å². The Hall–Kier alpha value is -2.15. The molecule has 140 valence electrons. The van der Waals surface area contributed by atoms with Crippen LogP contribution in [0.25, 0.3) is 11.3 Å². The maximum absolute atomic E-state index is 12.3. The van der Waals surface area contributed by atoms with Gasteiger partial charge < -0.3 is 15.2 Å². The van der Waals surface area contributed by atoms with Crippen molar-refractivity contribution in [1.82, 2.24) is 9.97 Å². The van der Waals surface area contributed by atoms with Crippen LogP contribution in [0.1, 0.15) is 43.2 Å². The highest BCUT2D eigenvalue weighted by atomic mass is 79.9. The summed E-state index contributed by atoms with van der Waals surface area (Å²) in [6.07, 6.45) is 0.975. The van der Waals surface area contributed by atoms with Crippen LogP contribution in [0.5, 0.6) is 5.75 Å². The Balaban J connectivity index is 2.39. The van der Waals surface area contributed by atoms with Gasteiger partial charge >= 0.3 is 5.97 Å². The third-order valence-electron chi connectivity index (χ3n) is 3.74. The third kappa shape index (κ3) is 4.94. The number of ether oxygens (including phenoxy) is 2. The van der Waals surface area contributed by atoms with Crippen LogP contribution in [0, 0.1) is 12.8 Å². The Kier molecular flexibility index (Phi) is 6.97. The number of nitrogens with two attached hydrogens (primary N) is 1. The number of benzene rings is 1. The van der Waals surface area contributed by atoms with Crippen LogP contribution in [0.4, 0.5) is 5.95 Å². The lowest BCUT2D eigenvalue weighted by molar-refractivity contribution is 0.0525. The number of aryl methyl sites for hydroxylation is 1. The quantitative estimate of drug-likeness (QED) is 0.666. The molecule has 0 atom stereocenters. The molecule has 0 amide bonds. The van der Waals surface area contributed by atoms with Gasteiger partial charge in [0.1, 0.15) is 11.3 Å². The number of carbonyl (C=O) groups excluding carboxylic acids is 1. The highest BCUT2D eigenvalue weighted by Gasteiger charge is 2.21. The number of hydrogen-bond acceptors (Lipinski definition) is 6. The monoisotopic (exact) mass is 421 g/mol. The van der Waals surface area contributed by atoms with Gasteiger partial charge in [0.05, 0.1) is 29.1 Å². The van der Waals surface area contributed by atoms with Crippen molar-refractivity contribution in [2.75, 3.05) is 18.9 Å². The Morgan fingerprint density at radius 3 is 2.65 bits per heavy atom. The first-order valence-corrected chi connectivity index (χ1v) is 9.36. The Bertz CT molecular complexity index is 794. The van der Waals surface area contributed by atoms with E-state index in [1.165, 1.54) is 0 Å². The average molecular weight is 422 g/mol. The molecule has 1 aromatic carbocycles. The van der Waals surface area contributed by atoms with Gasteiger partial charge in [0.2, 0.25) is 5.95 Å². The minimum Gasteiger partial charge on any atom is -0.492 e. The van der Waals surface area contributed by atoms with E-state index in [1.54, 1.807) is 13.8 Å². The molecule has 7 heteroatoms. The maximum atomic E-state index is 12.3. The fourth-order valence-corrected chi connectivity index (χ4v) is 2.91. The lowest BCUT2D eigenvalue weighted by Gasteiger charge is -2.14. The van der Waals surface area contributed by atoms with Gasteiger partial charge in [-0.1, -0.05) is 13.8 Å². The molecule has 0 radical (unpaired) electrons. The molecule has 1 heterocycles. The van der Waals surface area contributed by atoms with Crippen LogP contribution >= 0.6 is 15.9 Å². The van der Waals surface area contributed by atoms with Crippen molar-refractivity contribution in [2.45, 2.75) is 34.1 Å². The van der Waals surface area contributed by atoms with E-state index in [0.717, 1.165) is 22.2 Å². The molecule has 0 spiro atoms. The molecule has 0 saturated heterocycles. The first kappa shape index (κ1) is 20.2. The van der Waals surface area contributed by atoms with Gasteiger partial charge in [0.15, 0.2) is 0 Å². The number of halogens is 1. The van der Waals surface area contributed by atoms with Crippen LogP contribution in [0.2, 0.25) is 0 Å². The summed E-state index contributed by atoms with van der Waals surface area (Å²) in [6, 6.07) is 5.55. The van der Waals surface area contributed by atoms with E-state index in [9.17, 15) is 4.79 Å². The largest absolute Gasteiger partial charge is 0.492 e. The van der Waals surface area contributed by atoms with E-state index >= 15 is 0 Å². The molecule has 0 bridgehead atoms. The van der Waals surface area contributed by atoms with Crippen molar-refractivity contribution in [3.8, 4) is 17.0 Å². The molecular weight excluding hydrogens is 398 g/mol. The van der Waals surface area contributed by atoms with Gasteiger partial charge in [-0.3, -0.25) is 0 Å². The highest BCUT2D eigenvalue weighted by molar-refractivity contribution is 9.10. The van der Waals surface area contributed by atoms with E-state index in [0.29, 0.717) is 29.5 Å². The second-order valence-electron chi connectivity index (χ2n) is 6.29. The maximum Gasteiger partial charge on any atom is 0.342 e. The number of hydrogen-bond donors (Lipinski definition) is 1. The van der Waals surface area contributed by atoms with E-state index in [-0.39, 0.29) is 12.6 Å². The van der Waals surface area contributed by atoms with E-state index < -0.39 is 5.97 Å². The molecule has 2 aromatic rings. The molecule has 0 aliphatic rings. The third-order valence-corrected chi connectivity index (χ3v) is 4.36. The zero-order valence-electron chi connectivity index (χ0n) is 15.5. The first-order valence-electron chi connectivity index (χ1n) is 8.57. The molecule has 2 N–H and O–H groups in total. The zero-order valence-corrected chi connectivity index (χ0v) is 17.1. The van der Waals surface area contributed by atoms with Gasteiger partial charge in [-0.15, -0.1) is 0 Å². The molecule has 0 aliphatic heterocycles. The van der Waals surface area contributed by atoms with Crippen molar-refractivity contribution >= 4 is 27.8 Å². The number of rotatable bonds is 7. The van der Waals surface area contributed by atoms with Crippen LogP contribution in [-0.2, 0) is 4.74 Å². The molecule has 1 aromatic heterocycles. The summed E-state index contributed by atoms with van der Waals surface area (Å²) in [7, 11) is 0. The van der Waals surface area contributed by atoms with Crippen LogP contribution in [-0.4, -0.2) is 29.2 Å². The lowest BCUT2D eigenvalue weighted by Crippen LogP contribution is -2.13. The van der Waals surface area contributed by atoms with Crippen molar-refractivity contribution in [3.63, 3.8) is 0 Å². The topological polar surface area (TPSA) is 87.3 Å². The number of carbonyl (C=O) groups is 1. The van der Waals surface area contributed by atoms with Gasteiger partial charge in [-0.2, -0.15) is 0 Å². The summed E-state index contributed by atoms with van der Waals surface area (Å²) in [4.78, 5) is 20.7. The molecule has 0 aliphatic carbocycles.